The lowest BCUT2D eigenvalue weighted by Crippen LogP contribution is -2.42. The summed E-state index contributed by atoms with van der Waals surface area (Å²) < 4.78 is 5.48. The zero-order valence-electron chi connectivity index (χ0n) is 19.0. The molecule has 0 bridgehead atoms. The number of hydrogen-bond acceptors (Lipinski definition) is 6. The van der Waals surface area contributed by atoms with Crippen molar-refractivity contribution in [3.63, 3.8) is 0 Å². The Morgan fingerprint density at radius 3 is 2.64 bits per heavy atom. The number of hydrogen-bond donors (Lipinski definition) is 3. The van der Waals surface area contributed by atoms with Crippen molar-refractivity contribution in [3.8, 4) is 0 Å². The molecule has 1 aromatic heterocycles. The molecule has 1 aromatic carbocycles. The minimum absolute atomic E-state index is 0.0315. The second-order valence-electron chi connectivity index (χ2n) is 9.48. The van der Waals surface area contributed by atoms with E-state index in [1.54, 1.807) is 0 Å². The number of ether oxygens (including phenoxy) is 1. The predicted octanol–water partition coefficient (Wildman–Crippen LogP) is 3.78. The molecule has 1 aliphatic carbocycles. The Kier molecular flexibility index (Phi) is 6.01. The number of nitrogens with zero attached hydrogens (tertiary/aromatic N) is 2. The Morgan fingerprint density at radius 1 is 1.12 bits per heavy atom. The molecule has 33 heavy (non-hydrogen) atoms. The van der Waals surface area contributed by atoms with Gasteiger partial charge < -0.3 is 20.7 Å². The summed E-state index contributed by atoms with van der Waals surface area (Å²) in [6.07, 6.45) is 6.86. The maximum absolute atomic E-state index is 13.4. The Balaban J connectivity index is 1.35. The third-order valence-electron chi connectivity index (χ3n) is 7.34. The van der Waals surface area contributed by atoms with Crippen LogP contribution in [0.5, 0.6) is 0 Å². The molecule has 2 aliphatic heterocycles. The molecule has 2 fully saturated rings. The van der Waals surface area contributed by atoms with Crippen LogP contribution >= 0.6 is 0 Å². The van der Waals surface area contributed by atoms with E-state index in [0.717, 1.165) is 42.6 Å². The number of rotatable bonds is 5. The maximum Gasteiger partial charge on any atom is 0.247 e. The van der Waals surface area contributed by atoms with E-state index in [4.69, 9.17) is 4.74 Å². The van der Waals surface area contributed by atoms with Crippen molar-refractivity contribution in [2.24, 2.45) is 5.92 Å². The Bertz CT molecular complexity index is 1030. The van der Waals surface area contributed by atoms with Crippen LogP contribution in [0.15, 0.2) is 30.3 Å². The zero-order valence-corrected chi connectivity index (χ0v) is 19.0. The summed E-state index contributed by atoms with van der Waals surface area (Å²) in [4.78, 5) is 26.2. The first kappa shape index (κ1) is 21.8. The quantitative estimate of drug-likeness (QED) is 0.642. The Labute approximate surface area is 193 Å². The molecule has 0 radical (unpaired) electrons. The van der Waals surface area contributed by atoms with Gasteiger partial charge in [0.2, 0.25) is 11.8 Å². The summed E-state index contributed by atoms with van der Waals surface area (Å²) in [5.74, 6) is 0.786. The molecule has 1 saturated carbocycles. The van der Waals surface area contributed by atoms with Gasteiger partial charge in [0, 0.05) is 24.6 Å². The largest absolute Gasteiger partial charge is 0.381 e. The summed E-state index contributed by atoms with van der Waals surface area (Å²) in [7, 11) is 0. The van der Waals surface area contributed by atoms with Crippen LogP contribution in [0.4, 0.5) is 17.2 Å². The fraction of sp³-hybridized carbons (Fsp3) is 0.520. The Morgan fingerprint density at radius 2 is 1.91 bits per heavy atom. The molecule has 1 atom stereocenters. The molecule has 8 heteroatoms. The van der Waals surface area contributed by atoms with Crippen LogP contribution < -0.4 is 16.0 Å². The maximum atomic E-state index is 13.4. The number of fused-ring (bicyclic) bond motifs is 2. The highest BCUT2D eigenvalue weighted by Gasteiger charge is 2.47. The second-order valence-corrected chi connectivity index (χ2v) is 9.48. The average molecular weight is 450 g/mol. The van der Waals surface area contributed by atoms with Crippen molar-refractivity contribution >= 4 is 29.0 Å². The predicted molar refractivity (Wildman–Crippen MR) is 126 cm³/mol. The molecule has 3 heterocycles. The van der Waals surface area contributed by atoms with E-state index in [2.05, 4.69) is 26.1 Å². The van der Waals surface area contributed by atoms with Gasteiger partial charge in [-0.05, 0) is 68.4 Å². The highest BCUT2D eigenvalue weighted by molar-refractivity contribution is 6.07. The number of carbonyl (C=O) groups excluding carboxylic acids is 2. The van der Waals surface area contributed by atoms with Gasteiger partial charge in [-0.1, -0.05) is 25.3 Å². The molecule has 1 saturated heterocycles. The van der Waals surface area contributed by atoms with Crippen LogP contribution in [-0.2, 0) is 19.7 Å². The van der Waals surface area contributed by atoms with Crippen molar-refractivity contribution < 1.29 is 14.3 Å². The molecule has 1 spiro atoms. The molecule has 174 valence electrons. The fourth-order valence-electron chi connectivity index (χ4n) is 5.44. The summed E-state index contributed by atoms with van der Waals surface area (Å²) >= 11 is 0. The Hall–Kier alpha value is -3.00. The second kappa shape index (κ2) is 9.09. The van der Waals surface area contributed by atoms with Crippen LogP contribution in [0, 0.1) is 12.8 Å². The van der Waals surface area contributed by atoms with Crippen LogP contribution in [0.1, 0.15) is 56.2 Å². The molecule has 2 amide bonds. The van der Waals surface area contributed by atoms with Gasteiger partial charge in [-0.25, -0.2) is 0 Å². The van der Waals surface area contributed by atoms with Gasteiger partial charge in [0.25, 0.3) is 0 Å². The van der Waals surface area contributed by atoms with Crippen LogP contribution in [0.3, 0.4) is 0 Å². The van der Waals surface area contributed by atoms with E-state index in [1.807, 2.05) is 37.3 Å². The molecule has 8 nitrogen and oxygen atoms in total. The number of aromatic nitrogens is 2. The van der Waals surface area contributed by atoms with Gasteiger partial charge in [-0.2, -0.15) is 5.10 Å². The van der Waals surface area contributed by atoms with E-state index >= 15 is 0 Å². The topological polar surface area (TPSA) is 105 Å². The molecule has 3 N–H and O–H groups in total. The molecule has 5 rings (SSSR count). The van der Waals surface area contributed by atoms with Crippen molar-refractivity contribution in [2.75, 3.05) is 29.2 Å². The first-order chi connectivity index (χ1) is 16.0. The highest BCUT2D eigenvalue weighted by Crippen LogP contribution is 2.45. The average Bonchev–Trinajstić information content (AvgIpc) is 3.09. The van der Waals surface area contributed by atoms with Gasteiger partial charge >= 0.3 is 0 Å². The highest BCUT2D eigenvalue weighted by atomic mass is 16.5. The van der Waals surface area contributed by atoms with E-state index in [-0.39, 0.29) is 17.7 Å². The van der Waals surface area contributed by atoms with E-state index in [9.17, 15) is 9.59 Å². The normalized spacial score (nSPS) is 20.7. The van der Waals surface area contributed by atoms with Gasteiger partial charge in [0.1, 0.15) is 11.9 Å². The summed E-state index contributed by atoms with van der Waals surface area (Å²) in [5.41, 5.74) is 2.80. The van der Waals surface area contributed by atoms with Gasteiger partial charge in [-0.15, -0.1) is 5.10 Å². The van der Waals surface area contributed by atoms with E-state index in [1.165, 1.54) is 6.42 Å². The molecular weight excluding hydrogens is 418 g/mol. The van der Waals surface area contributed by atoms with E-state index in [0.29, 0.717) is 37.6 Å². The minimum atomic E-state index is -0.508. The monoisotopic (exact) mass is 449 g/mol. The number of amides is 2. The van der Waals surface area contributed by atoms with E-state index < -0.39 is 11.5 Å². The standard InChI is InChI=1S/C25H31N5O3/c1-16-7-10-21(30-29-16)28-22(17-5-3-2-4-6-17)23(31)26-18-8-9-19-20(15-18)27-24(32)25(19)11-13-33-14-12-25/h7-10,15,17,22H,2-6,11-14H2,1H3,(H,26,31)(H,27,32)(H,28,30)/t22-/m0/s1. The summed E-state index contributed by atoms with van der Waals surface area (Å²) in [6, 6.07) is 9.11. The van der Waals surface area contributed by atoms with Crippen LogP contribution in [0.25, 0.3) is 0 Å². The number of nitrogens with one attached hydrogen (secondary N) is 3. The van der Waals surface area contributed by atoms with Crippen molar-refractivity contribution in [3.05, 3.63) is 41.6 Å². The molecule has 0 unspecified atom stereocenters. The number of anilines is 3. The summed E-state index contributed by atoms with van der Waals surface area (Å²) in [6.45, 7) is 3.06. The lowest BCUT2D eigenvalue weighted by Gasteiger charge is -2.31. The third kappa shape index (κ3) is 4.31. The molecule has 3 aliphatic rings. The zero-order chi connectivity index (χ0) is 22.8. The lowest BCUT2D eigenvalue weighted by molar-refractivity contribution is -0.124. The molecule has 2 aromatic rings. The van der Waals surface area contributed by atoms with Gasteiger partial charge in [0.15, 0.2) is 0 Å². The third-order valence-corrected chi connectivity index (χ3v) is 7.34. The van der Waals surface area contributed by atoms with Crippen LogP contribution in [-0.4, -0.2) is 41.3 Å². The number of benzene rings is 1. The first-order valence-corrected chi connectivity index (χ1v) is 12.0. The first-order valence-electron chi connectivity index (χ1n) is 12.0. The molecular formula is C25H31N5O3. The van der Waals surface area contributed by atoms with Crippen LogP contribution in [0.2, 0.25) is 0 Å². The van der Waals surface area contributed by atoms with Gasteiger partial charge in [0.05, 0.1) is 11.1 Å². The number of aryl methyl sites for hydroxylation is 1. The van der Waals surface area contributed by atoms with Crippen molar-refractivity contribution in [2.45, 2.75) is 63.3 Å². The lowest BCUT2D eigenvalue weighted by atomic mass is 9.75. The summed E-state index contributed by atoms with van der Waals surface area (Å²) in [5, 5.41) is 17.8. The SMILES string of the molecule is Cc1ccc(N[C@H](C(=O)Nc2ccc3c(c2)NC(=O)C32CCOCC2)C2CCCCC2)nn1. The minimum Gasteiger partial charge on any atom is -0.381 e. The fourth-order valence-corrected chi connectivity index (χ4v) is 5.44. The van der Waals surface area contributed by atoms with Crippen molar-refractivity contribution in [1.29, 1.82) is 0 Å². The smallest absolute Gasteiger partial charge is 0.247 e. The van der Waals surface area contributed by atoms with Gasteiger partial charge in [-0.3, -0.25) is 9.59 Å². The van der Waals surface area contributed by atoms with Crippen molar-refractivity contribution in [1.82, 2.24) is 10.2 Å². The number of carbonyl (C=O) groups is 2.